The fourth-order valence-electron chi connectivity index (χ4n) is 2.99. The standard InChI is InChI=1S/C15H25N5O/c1-2-20-12-13(8-17-20)11-18-4-3-5-19(7-6-18)15(21)14-9-16-10-14/h8,12,14,16H,2-7,9-11H2,1H3. The summed E-state index contributed by atoms with van der Waals surface area (Å²) >= 11 is 0. The Kier molecular flexibility index (Phi) is 4.55. The van der Waals surface area contributed by atoms with Gasteiger partial charge < -0.3 is 10.2 Å². The first-order chi connectivity index (χ1) is 10.3. The van der Waals surface area contributed by atoms with E-state index in [-0.39, 0.29) is 5.92 Å². The first-order valence-corrected chi connectivity index (χ1v) is 7.99. The maximum Gasteiger partial charge on any atom is 0.228 e. The molecule has 0 aliphatic carbocycles. The Morgan fingerprint density at radius 3 is 2.86 bits per heavy atom. The number of hydrogen-bond acceptors (Lipinski definition) is 4. The van der Waals surface area contributed by atoms with E-state index in [9.17, 15) is 4.79 Å². The highest BCUT2D eigenvalue weighted by Gasteiger charge is 2.30. The second-order valence-electron chi connectivity index (χ2n) is 6.01. The molecule has 3 rings (SSSR count). The Bertz CT molecular complexity index is 482. The molecule has 2 aliphatic heterocycles. The first kappa shape index (κ1) is 14.5. The molecule has 0 radical (unpaired) electrons. The average molecular weight is 291 g/mol. The number of nitrogens with zero attached hydrogens (tertiary/aromatic N) is 4. The summed E-state index contributed by atoms with van der Waals surface area (Å²) in [6, 6.07) is 0. The van der Waals surface area contributed by atoms with Crippen molar-refractivity contribution in [2.45, 2.75) is 26.4 Å². The van der Waals surface area contributed by atoms with Gasteiger partial charge in [-0.1, -0.05) is 0 Å². The smallest absolute Gasteiger partial charge is 0.228 e. The highest BCUT2D eigenvalue weighted by atomic mass is 16.2. The van der Waals surface area contributed by atoms with E-state index in [4.69, 9.17) is 0 Å². The van der Waals surface area contributed by atoms with E-state index in [1.54, 1.807) is 0 Å². The molecular weight excluding hydrogens is 266 g/mol. The Balaban J connectivity index is 1.51. The van der Waals surface area contributed by atoms with E-state index in [1.165, 1.54) is 5.56 Å². The zero-order valence-electron chi connectivity index (χ0n) is 12.8. The van der Waals surface area contributed by atoms with Gasteiger partial charge in [-0.15, -0.1) is 0 Å². The third kappa shape index (κ3) is 3.44. The number of aryl methyl sites for hydroxylation is 1. The Labute approximate surface area is 126 Å². The van der Waals surface area contributed by atoms with Crippen LogP contribution in [0.15, 0.2) is 12.4 Å². The van der Waals surface area contributed by atoms with Crippen LogP contribution in [0.5, 0.6) is 0 Å². The molecule has 6 nitrogen and oxygen atoms in total. The van der Waals surface area contributed by atoms with Gasteiger partial charge in [0.1, 0.15) is 0 Å². The van der Waals surface area contributed by atoms with Crippen LogP contribution in [-0.2, 0) is 17.9 Å². The molecule has 6 heteroatoms. The summed E-state index contributed by atoms with van der Waals surface area (Å²) in [7, 11) is 0. The summed E-state index contributed by atoms with van der Waals surface area (Å²) in [5.74, 6) is 0.564. The van der Waals surface area contributed by atoms with Crippen molar-refractivity contribution in [3.63, 3.8) is 0 Å². The molecule has 0 saturated carbocycles. The zero-order valence-corrected chi connectivity index (χ0v) is 12.8. The number of carbonyl (C=O) groups is 1. The van der Waals surface area contributed by atoms with Gasteiger partial charge in [-0.25, -0.2) is 0 Å². The van der Waals surface area contributed by atoms with Crippen LogP contribution in [0, 0.1) is 5.92 Å². The molecule has 1 N–H and O–H groups in total. The second-order valence-corrected chi connectivity index (χ2v) is 6.01. The lowest BCUT2D eigenvalue weighted by Crippen LogP contribution is -2.52. The van der Waals surface area contributed by atoms with Crippen LogP contribution in [0.3, 0.4) is 0 Å². The predicted molar refractivity (Wildman–Crippen MR) is 80.7 cm³/mol. The number of amides is 1. The summed E-state index contributed by atoms with van der Waals surface area (Å²) < 4.78 is 1.96. The summed E-state index contributed by atoms with van der Waals surface area (Å²) in [5.41, 5.74) is 1.26. The molecule has 2 fully saturated rings. The van der Waals surface area contributed by atoms with Crippen LogP contribution in [0.25, 0.3) is 0 Å². The minimum Gasteiger partial charge on any atom is -0.341 e. The zero-order chi connectivity index (χ0) is 14.7. The fourth-order valence-corrected chi connectivity index (χ4v) is 2.99. The van der Waals surface area contributed by atoms with Crippen molar-refractivity contribution in [3.05, 3.63) is 18.0 Å². The summed E-state index contributed by atoms with van der Waals surface area (Å²) in [5, 5.41) is 7.51. The molecule has 21 heavy (non-hydrogen) atoms. The number of aromatic nitrogens is 2. The fraction of sp³-hybridized carbons (Fsp3) is 0.733. The van der Waals surface area contributed by atoms with E-state index in [0.717, 1.165) is 58.8 Å². The van der Waals surface area contributed by atoms with E-state index < -0.39 is 0 Å². The minimum absolute atomic E-state index is 0.222. The number of hydrogen-bond donors (Lipinski definition) is 1. The van der Waals surface area contributed by atoms with Gasteiger partial charge in [0.25, 0.3) is 0 Å². The highest BCUT2D eigenvalue weighted by molar-refractivity contribution is 5.80. The van der Waals surface area contributed by atoms with Gasteiger partial charge in [-0.2, -0.15) is 5.10 Å². The number of nitrogens with one attached hydrogen (secondary N) is 1. The first-order valence-electron chi connectivity index (χ1n) is 7.99. The summed E-state index contributed by atoms with van der Waals surface area (Å²) in [4.78, 5) is 16.8. The van der Waals surface area contributed by atoms with Crippen molar-refractivity contribution in [2.24, 2.45) is 5.92 Å². The Morgan fingerprint density at radius 1 is 1.33 bits per heavy atom. The van der Waals surface area contributed by atoms with Gasteiger partial charge in [0.05, 0.1) is 12.1 Å². The van der Waals surface area contributed by atoms with Crippen LogP contribution in [0.4, 0.5) is 0 Å². The maximum absolute atomic E-state index is 12.3. The van der Waals surface area contributed by atoms with Gasteiger partial charge in [-0.3, -0.25) is 14.4 Å². The molecule has 0 bridgehead atoms. The van der Waals surface area contributed by atoms with Crippen molar-refractivity contribution in [1.29, 1.82) is 0 Å². The lowest BCUT2D eigenvalue weighted by molar-refractivity contribution is -0.136. The van der Waals surface area contributed by atoms with Gasteiger partial charge in [0, 0.05) is 64.1 Å². The summed E-state index contributed by atoms with van der Waals surface area (Å²) in [6.07, 6.45) is 5.14. The molecule has 0 aromatic carbocycles. The third-order valence-electron chi connectivity index (χ3n) is 4.45. The molecule has 0 spiro atoms. The van der Waals surface area contributed by atoms with Gasteiger partial charge in [0.15, 0.2) is 0 Å². The largest absolute Gasteiger partial charge is 0.341 e. The molecule has 0 atom stereocenters. The van der Waals surface area contributed by atoms with E-state index >= 15 is 0 Å². The van der Waals surface area contributed by atoms with Crippen molar-refractivity contribution in [3.8, 4) is 0 Å². The van der Waals surface area contributed by atoms with Crippen LogP contribution in [0.1, 0.15) is 18.9 Å². The van der Waals surface area contributed by atoms with E-state index in [0.29, 0.717) is 5.91 Å². The number of carbonyl (C=O) groups excluding carboxylic acids is 1. The molecule has 0 unspecified atom stereocenters. The van der Waals surface area contributed by atoms with Crippen LogP contribution in [0.2, 0.25) is 0 Å². The quantitative estimate of drug-likeness (QED) is 0.858. The highest BCUT2D eigenvalue weighted by Crippen LogP contribution is 2.13. The Morgan fingerprint density at radius 2 is 2.19 bits per heavy atom. The van der Waals surface area contributed by atoms with Crippen LogP contribution in [-0.4, -0.2) is 64.8 Å². The SMILES string of the molecule is CCn1cc(CN2CCCN(C(=O)C3CNC3)CC2)cn1. The van der Waals surface area contributed by atoms with E-state index in [1.807, 2.05) is 10.9 Å². The third-order valence-corrected chi connectivity index (χ3v) is 4.45. The van der Waals surface area contributed by atoms with Crippen molar-refractivity contribution >= 4 is 5.91 Å². The van der Waals surface area contributed by atoms with Crippen molar-refractivity contribution < 1.29 is 4.79 Å². The average Bonchev–Trinajstić information content (AvgIpc) is 2.74. The van der Waals surface area contributed by atoms with Crippen molar-refractivity contribution in [1.82, 2.24) is 24.9 Å². The minimum atomic E-state index is 0.222. The normalized spacial score (nSPS) is 21.1. The molecule has 2 saturated heterocycles. The maximum atomic E-state index is 12.3. The molecule has 1 aromatic rings. The van der Waals surface area contributed by atoms with Gasteiger partial charge in [0.2, 0.25) is 5.91 Å². The lowest BCUT2D eigenvalue weighted by atomic mass is 10.0. The lowest BCUT2D eigenvalue weighted by Gasteiger charge is -2.31. The monoisotopic (exact) mass is 291 g/mol. The predicted octanol–water partition coefficient (Wildman–Crippen LogP) is 0.157. The van der Waals surface area contributed by atoms with Crippen LogP contribution >= 0.6 is 0 Å². The van der Waals surface area contributed by atoms with Crippen molar-refractivity contribution in [2.75, 3.05) is 39.3 Å². The molecular formula is C15H25N5O. The Hall–Kier alpha value is -1.40. The molecule has 3 heterocycles. The van der Waals surface area contributed by atoms with E-state index in [2.05, 4.69) is 33.3 Å². The molecule has 1 aromatic heterocycles. The topological polar surface area (TPSA) is 53.4 Å². The summed E-state index contributed by atoms with van der Waals surface area (Å²) in [6.45, 7) is 9.45. The second kappa shape index (κ2) is 6.58. The molecule has 1 amide bonds. The molecule has 2 aliphatic rings. The van der Waals surface area contributed by atoms with Gasteiger partial charge in [-0.05, 0) is 13.3 Å². The van der Waals surface area contributed by atoms with Crippen LogP contribution < -0.4 is 5.32 Å². The number of rotatable bonds is 4. The van der Waals surface area contributed by atoms with Gasteiger partial charge >= 0.3 is 0 Å². The molecule has 116 valence electrons.